The first-order valence-corrected chi connectivity index (χ1v) is 5.63. The van der Waals surface area contributed by atoms with Crippen LogP contribution in [0.3, 0.4) is 0 Å². The minimum atomic E-state index is -0.218. The Kier molecular flexibility index (Phi) is 5.36. The zero-order valence-electron chi connectivity index (χ0n) is 8.63. The number of hydrogen-bond donors (Lipinski definition) is 1. The summed E-state index contributed by atoms with van der Waals surface area (Å²) in [5.41, 5.74) is 1.13. The van der Waals surface area contributed by atoms with Crippen molar-refractivity contribution in [1.82, 2.24) is 5.32 Å². The molecule has 0 aromatic heterocycles. The summed E-state index contributed by atoms with van der Waals surface area (Å²) < 4.78 is 5.84. The Morgan fingerprint density at radius 2 is 2.20 bits per heavy atom. The zero-order chi connectivity index (χ0) is 11.1. The summed E-state index contributed by atoms with van der Waals surface area (Å²) in [6, 6.07) is 7.90. The molecule has 0 saturated carbocycles. The number of benzene rings is 1. The fourth-order valence-electron chi connectivity index (χ4n) is 1.15. The Morgan fingerprint density at radius 1 is 1.47 bits per heavy atom. The SMILES string of the molecule is CCOC(=O)CNCc1ccccc1Br. The average Bonchev–Trinajstić information content (AvgIpc) is 2.21. The van der Waals surface area contributed by atoms with Crippen LogP contribution in [0.4, 0.5) is 0 Å². The Morgan fingerprint density at radius 3 is 2.87 bits per heavy atom. The lowest BCUT2D eigenvalue weighted by Gasteiger charge is -2.06. The predicted molar refractivity (Wildman–Crippen MR) is 62.5 cm³/mol. The number of nitrogens with one attached hydrogen (secondary N) is 1. The van der Waals surface area contributed by atoms with Crippen molar-refractivity contribution in [2.75, 3.05) is 13.2 Å². The molecule has 0 spiro atoms. The number of hydrogen-bond acceptors (Lipinski definition) is 3. The van der Waals surface area contributed by atoms with Gasteiger partial charge < -0.3 is 10.1 Å². The molecule has 0 radical (unpaired) electrons. The number of halogens is 1. The quantitative estimate of drug-likeness (QED) is 0.834. The molecule has 0 atom stereocenters. The lowest BCUT2D eigenvalue weighted by atomic mass is 10.2. The smallest absolute Gasteiger partial charge is 0.319 e. The number of carbonyl (C=O) groups is 1. The molecular weight excluding hydrogens is 258 g/mol. The third-order valence-corrected chi connectivity index (χ3v) is 2.62. The molecule has 0 unspecified atom stereocenters. The predicted octanol–water partition coefficient (Wildman–Crippen LogP) is 2.10. The van der Waals surface area contributed by atoms with Crippen LogP contribution in [0.25, 0.3) is 0 Å². The molecule has 0 fully saturated rings. The first kappa shape index (κ1) is 12.2. The van der Waals surface area contributed by atoms with E-state index in [0.717, 1.165) is 10.0 Å². The first-order valence-electron chi connectivity index (χ1n) is 4.83. The van der Waals surface area contributed by atoms with Crippen LogP contribution < -0.4 is 5.32 Å². The minimum absolute atomic E-state index is 0.218. The van der Waals surface area contributed by atoms with E-state index in [1.54, 1.807) is 6.92 Å². The van der Waals surface area contributed by atoms with Crippen molar-refractivity contribution in [3.8, 4) is 0 Å². The molecule has 1 aromatic carbocycles. The highest BCUT2D eigenvalue weighted by atomic mass is 79.9. The highest BCUT2D eigenvalue weighted by Gasteiger charge is 2.01. The molecule has 0 aliphatic rings. The summed E-state index contributed by atoms with van der Waals surface area (Å²) in [6.45, 7) is 3.12. The van der Waals surface area contributed by atoms with E-state index in [0.29, 0.717) is 13.2 Å². The second kappa shape index (κ2) is 6.58. The maximum Gasteiger partial charge on any atom is 0.319 e. The maximum absolute atomic E-state index is 11.0. The molecule has 0 amide bonds. The molecule has 0 bridgehead atoms. The van der Waals surface area contributed by atoms with Gasteiger partial charge in [0.15, 0.2) is 0 Å². The van der Waals surface area contributed by atoms with E-state index < -0.39 is 0 Å². The first-order chi connectivity index (χ1) is 7.24. The molecule has 15 heavy (non-hydrogen) atoms. The second-order valence-corrected chi connectivity index (χ2v) is 3.85. The highest BCUT2D eigenvalue weighted by Crippen LogP contribution is 2.14. The summed E-state index contributed by atoms with van der Waals surface area (Å²) in [5.74, 6) is -0.218. The van der Waals surface area contributed by atoms with Crippen molar-refractivity contribution in [2.24, 2.45) is 0 Å². The lowest BCUT2D eigenvalue weighted by molar-refractivity contribution is -0.142. The molecule has 1 rings (SSSR count). The molecule has 1 aromatic rings. The Hall–Kier alpha value is -0.870. The van der Waals surface area contributed by atoms with Crippen LogP contribution >= 0.6 is 15.9 Å². The molecule has 0 heterocycles. The van der Waals surface area contributed by atoms with Crippen LogP contribution in [0.1, 0.15) is 12.5 Å². The molecular formula is C11H14BrNO2. The molecule has 82 valence electrons. The van der Waals surface area contributed by atoms with E-state index in [-0.39, 0.29) is 12.5 Å². The molecule has 1 N–H and O–H groups in total. The fourth-order valence-corrected chi connectivity index (χ4v) is 1.58. The van der Waals surface area contributed by atoms with E-state index in [1.165, 1.54) is 0 Å². The van der Waals surface area contributed by atoms with Gasteiger partial charge in [-0.2, -0.15) is 0 Å². The van der Waals surface area contributed by atoms with Gasteiger partial charge in [0.2, 0.25) is 0 Å². The molecule has 4 heteroatoms. The molecule has 0 aliphatic carbocycles. The van der Waals surface area contributed by atoms with Crippen LogP contribution in [-0.4, -0.2) is 19.1 Å². The van der Waals surface area contributed by atoms with Gasteiger partial charge in [-0.3, -0.25) is 4.79 Å². The topological polar surface area (TPSA) is 38.3 Å². The van der Waals surface area contributed by atoms with Gasteiger partial charge in [-0.05, 0) is 18.6 Å². The average molecular weight is 272 g/mol. The van der Waals surface area contributed by atoms with E-state index in [9.17, 15) is 4.79 Å². The molecule has 0 aliphatic heterocycles. The number of esters is 1. The van der Waals surface area contributed by atoms with Gasteiger partial charge in [-0.25, -0.2) is 0 Å². The van der Waals surface area contributed by atoms with Crippen molar-refractivity contribution in [2.45, 2.75) is 13.5 Å². The minimum Gasteiger partial charge on any atom is -0.465 e. The van der Waals surface area contributed by atoms with E-state index in [1.807, 2.05) is 24.3 Å². The van der Waals surface area contributed by atoms with Crippen molar-refractivity contribution in [3.63, 3.8) is 0 Å². The zero-order valence-corrected chi connectivity index (χ0v) is 10.2. The normalized spacial score (nSPS) is 10.0. The van der Waals surface area contributed by atoms with Crippen molar-refractivity contribution in [1.29, 1.82) is 0 Å². The van der Waals surface area contributed by atoms with Crippen LogP contribution in [0.5, 0.6) is 0 Å². The maximum atomic E-state index is 11.0. The summed E-state index contributed by atoms with van der Waals surface area (Å²) in [4.78, 5) is 11.0. The van der Waals surface area contributed by atoms with E-state index >= 15 is 0 Å². The third-order valence-electron chi connectivity index (χ3n) is 1.85. The summed E-state index contributed by atoms with van der Waals surface area (Å²) >= 11 is 3.44. The third kappa shape index (κ3) is 4.44. The van der Waals surface area contributed by atoms with Gasteiger partial charge >= 0.3 is 5.97 Å². The van der Waals surface area contributed by atoms with Crippen LogP contribution in [0, 0.1) is 0 Å². The van der Waals surface area contributed by atoms with Gasteiger partial charge in [-0.1, -0.05) is 34.1 Å². The van der Waals surface area contributed by atoms with Gasteiger partial charge in [-0.15, -0.1) is 0 Å². The van der Waals surface area contributed by atoms with Crippen molar-refractivity contribution in [3.05, 3.63) is 34.3 Å². The van der Waals surface area contributed by atoms with E-state index in [2.05, 4.69) is 21.2 Å². The Balaban J connectivity index is 2.32. The fraction of sp³-hybridized carbons (Fsp3) is 0.364. The Labute approximate surface area is 97.9 Å². The monoisotopic (exact) mass is 271 g/mol. The number of rotatable bonds is 5. The highest BCUT2D eigenvalue weighted by molar-refractivity contribution is 9.10. The summed E-state index contributed by atoms with van der Waals surface area (Å²) in [6.07, 6.45) is 0. The van der Waals surface area contributed by atoms with Gasteiger partial charge in [0.25, 0.3) is 0 Å². The van der Waals surface area contributed by atoms with Crippen LogP contribution in [-0.2, 0) is 16.1 Å². The summed E-state index contributed by atoms with van der Waals surface area (Å²) in [7, 11) is 0. The van der Waals surface area contributed by atoms with Crippen molar-refractivity contribution < 1.29 is 9.53 Å². The van der Waals surface area contributed by atoms with Crippen molar-refractivity contribution >= 4 is 21.9 Å². The number of ether oxygens (including phenoxy) is 1. The Bertz CT molecular complexity index is 328. The van der Waals surface area contributed by atoms with Gasteiger partial charge in [0.05, 0.1) is 13.2 Å². The van der Waals surface area contributed by atoms with Crippen LogP contribution in [0.15, 0.2) is 28.7 Å². The number of carbonyl (C=O) groups excluding carboxylic acids is 1. The van der Waals surface area contributed by atoms with E-state index in [4.69, 9.17) is 4.74 Å². The molecule has 3 nitrogen and oxygen atoms in total. The van der Waals surface area contributed by atoms with Crippen LogP contribution in [0.2, 0.25) is 0 Å². The van der Waals surface area contributed by atoms with Gasteiger partial charge in [0.1, 0.15) is 0 Å². The lowest BCUT2D eigenvalue weighted by Crippen LogP contribution is -2.24. The second-order valence-electron chi connectivity index (χ2n) is 3.00. The largest absolute Gasteiger partial charge is 0.465 e. The summed E-state index contributed by atoms with van der Waals surface area (Å²) in [5, 5.41) is 3.02. The standard InChI is InChI=1S/C11H14BrNO2/c1-2-15-11(14)8-13-7-9-5-3-4-6-10(9)12/h3-6,13H,2,7-8H2,1H3. The van der Waals surface area contributed by atoms with Gasteiger partial charge in [0, 0.05) is 11.0 Å². The molecule has 0 saturated heterocycles.